The lowest BCUT2D eigenvalue weighted by molar-refractivity contribution is -0.428. The molecule has 0 amide bonds. The lowest BCUT2D eigenvalue weighted by Crippen LogP contribution is -2.47. The number of nitrogens with zero attached hydrogens (tertiary/aromatic N) is 4. The minimum atomic E-state index is -0.183. The molecule has 0 bridgehead atoms. The fourth-order valence-electron chi connectivity index (χ4n) is 2.64. The average molecular weight is 301 g/mol. The van der Waals surface area contributed by atoms with Crippen LogP contribution in [0.2, 0.25) is 0 Å². The number of rotatable bonds is 3. The topological polar surface area (TPSA) is 39.5 Å². The first-order chi connectivity index (χ1) is 10.6. The van der Waals surface area contributed by atoms with Crippen molar-refractivity contribution in [2.45, 2.75) is 0 Å². The van der Waals surface area contributed by atoms with Crippen LogP contribution in [0.15, 0.2) is 42.6 Å². The van der Waals surface area contributed by atoms with Crippen LogP contribution in [0.1, 0.15) is 0 Å². The quantitative estimate of drug-likeness (QED) is 0.817. The molecule has 0 unspecified atom stereocenters. The van der Waals surface area contributed by atoms with E-state index in [1.807, 2.05) is 23.1 Å². The summed E-state index contributed by atoms with van der Waals surface area (Å²) < 4.78 is 14.6. The molecular formula is C16H18FN4O+. The van der Waals surface area contributed by atoms with Crippen LogP contribution in [0.3, 0.4) is 0 Å². The summed E-state index contributed by atoms with van der Waals surface area (Å²) in [5.74, 6) is 0.663. The van der Waals surface area contributed by atoms with Crippen LogP contribution in [-0.2, 0) is 0 Å². The molecule has 5 nitrogen and oxygen atoms in total. The maximum Gasteiger partial charge on any atom is 0.273 e. The van der Waals surface area contributed by atoms with E-state index < -0.39 is 0 Å². The molecule has 22 heavy (non-hydrogen) atoms. The first-order valence-electron chi connectivity index (χ1n) is 7.26. The standard InChI is InChI=1S/C16H18FN4O/c1-19(22)13-6-7-16(18-12-13)21-10-8-20(9-11-21)15-5-3-2-4-14(15)17/h2-7,12H,8-11H2,1H3/q+1. The Balaban J connectivity index is 1.66. The van der Waals surface area contributed by atoms with Gasteiger partial charge in [0.15, 0.2) is 7.05 Å². The van der Waals surface area contributed by atoms with Crippen LogP contribution in [0.25, 0.3) is 0 Å². The SMILES string of the molecule is C[N+](=O)c1ccc(N2CCN(c3ccccc3F)CC2)nc1. The van der Waals surface area contributed by atoms with Crippen molar-refractivity contribution >= 4 is 17.2 Å². The summed E-state index contributed by atoms with van der Waals surface area (Å²) in [5, 5.41) is 0. The smallest absolute Gasteiger partial charge is 0.273 e. The fraction of sp³-hybridized carbons (Fsp3) is 0.312. The molecule has 2 heterocycles. The van der Waals surface area contributed by atoms with E-state index in [2.05, 4.69) is 9.88 Å². The average Bonchev–Trinajstić information content (AvgIpc) is 2.56. The minimum Gasteiger partial charge on any atom is -0.366 e. The highest BCUT2D eigenvalue weighted by molar-refractivity contribution is 5.50. The van der Waals surface area contributed by atoms with Gasteiger partial charge in [0.25, 0.3) is 5.69 Å². The Hall–Kier alpha value is -2.50. The summed E-state index contributed by atoms with van der Waals surface area (Å²) in [6.45, 7) is 3.03. The first-order valence-corrected chi connectivity index (χ1v) is 7.26. The van der Waals surface area contributed by atoms with Crippen LogP contribution in [-0.4, -0.2) is 43.0 Å². The van der Waals surface area contributed by atoms with E-state index in [4.69, 9.17) is 0 Å². The van der Waals surface area contributed by atoms with Crippen LogP contribution in [0.5, 0.6) is 0 Å². The summed E-state index contributed by atoms with van der Waals surface area (Å²) in [6, 6.07) is 10.5. The third kappa shape index (κ3) is 2.90. The van der Waals surface area contributed by atoms with Gasteiger partial charge in [-0.1, -0.05) is 12.1 Å². The molecule has 0 radical (unpaired) electrons. The molecule has 1 aliphatic rings. The van der Waals surface area contributed by atoms with E-state index in [1.54, 1.807) is 18.3 Å². The summed E-state index contributed by atoms with van der Waals surface area (Å²) in [4.78, 5) is 19.7. The number of benzene rings is 1. The predicted molar refractivity (Wildman–Crippen MR) is 84.3 cm³/mol. The number of hydrogen-bond donors (Lipinski definition) is 0. The first kappa shape index (κ1) is 14.4. The Morgan fingerprint density at radius 1 is 1.05 bits per heavy atom. The van der Waals surface area contributed by atoms with Crippen molar-refractivity contribution in [2.24, 2.45) is 0 Å². The van der Waals surface area contributed by atoms with Crippen LogP contribution in [0.4, 0.5) is 21.6 Å². The van der Waals surface area contributed by atoms with E-state index >= 15 is 0 Å². The Bertz CT molecular complexity index is 666. The number of piperazine rings is 1. The molecule has 1 aliphatic heterocycles. The second-order valence-corrected chi connectivity index (χ2v) is 5.30. The van der Waals surface area contributed by atoms with E-state index in [1.165, 1.54) is 13.1 Å². The summed E-state index contributed by atoms with van der Waals surface area (Å²) >= 11 is 0. The maximum absolute atomic E-state index is 13.8. The molecule has 114 valence electrons. The molecule has 1 saturated heterocycles. The Morgan fingerprint density at radius 2 is 1.73 bits per heavy atom. The molecule has 0 saturated carbocycles. The second kappa shape index (κ2) is 6.09. The van der Waals surface area contributed by atoms with Gasteiger partial charge in [-0.05, 0) is 18.2 Å². The number of nitroso groups, excluding NO2 is 1. The monoisotopic (exact) mass is 301 g/mol. The molecule has 1 aromatic heterocycles. The second-order valence-electron chi connectivity index (χ2n) is 5.30. The fourth-order valence-corrected chi connectivity index (χ4v) is 2.64. The number of aromatic nitrogens is 1. The molecule has 3 rings (SSSR count). The normalized spacial score (nSPS) is 15.0. The van der Waals surface area contributed by atoms with Gasteiger partial charge in [-0.3, -0.25) is 0 Å². The van der Waals surface area contributed by atoms with Gasteiger partial charge in [-0.25, -0.2) is 9.37 Å². The van der Waals surface area contributed by atoms with Gasteiger partial charge in [0.1, 0.15) is 17.8 Å². The van der Waals surface area contributed by atoms with Gasteiger partial charge in [-0.15, -0.1) is 0 Å². The molecule has 0 spiro atoms. The molecule has 1 aromatic carbocycles. The van der Waals surface area contributed by atoms with Gasteiger partial charge < -0.3 is 9.80 Å². The highest BCUT2D eigenvalue weighted by atomic mass is 19.1. The van der Waals surface area contributed by atoms with Crippen molar-refractivity contribution in [1.29, 1.82) is 0 Å². The molecule has 1 fully saturated rings. The maximum atomic E-state index is 13.8. The van der Waals surface area contributed by atoms with E-state index in [9.17, 15) is 9.30 Å². The van der Waals surface area contributed by atoms with Gasteiger partial charge in [0, 0.05) is 41.9 Å². The zero-order chi connectivity index (χ0) is 15.5. The van der Waals surface area contributed by atoms with Crippen LogP contribution >= 0.6 is 0 Å². The van der Waals surface area contributed by atoms with Gasteiger partial charge >= 0.3 is 0 Å². The third-order valence-electron chi connectivity index (χ3n) is 3.89. The van der Waals surface area contributed by atoms with Gasteiger partial charge in [0.05, 0.1) is 5.69 Å². The van der Waals surface area contributed by atoms with Crippen molar-refractivity contribution in [3.8, 4) is 0 Å². The van der Waals surface area contributed by atoms with Crippen molar-refractivity contribution < 1.29 is 9.15 Å². The number of pyridine rings is 1. The zero-order valence-electron chi connectivity index (χ0n) is 12.4. The number of halogens is 1. The molecular weight excluding hydrogens is 283 g/mol. The van der Waals surface area contributed by atoms with Crippen LogP contribution in [0, 0.1) is 10.7 Å². The number of hydrogen-bond acceptors (Lipinski definition) is 4. The highest BCUT2D eigenvalue weighted by Gasteiger charge is 2.20. The Kier molecular flexibility index (Phi) is 4.00. The van der Waals surface area contributed by atoms with Crippen molar-refractivity contribution in [3.05, 3.63) is 53.3 Å². The van der Waals surface area contributed by atoms with E-state index in [-0.39, 0.29) is 5.82 Å². The van der Waals surface area contributed by atoms with Crippen molar-refractivity contribution in [2.75, 3.05) is 43.0 Å². The Morgan fingerprint density at radius 3 is 2.32 bits per heavy atom. The molecule has 0 atom stereocenters. The van der Waals surface area contributed by atoms with Crippen molar-refractivity contribution in [1.82, 2.24) is 4.98 Å². The molecule has 0 aliphatic carbocycles. The molecule has 2 aromatic rings. The lowest BCUT2D eigenvalue weighted by atomic mass is 10.2. The number of anilines is 2. The zero-order valence-corrected chi connectivity index (χ0v) is 12.4. The molecule has 0 N–H and O–H groups in total. The summed E-state index contributed by atoms with van der Waals surface area (Å²) in [7, 11) is 1.45. The predicted octanol–water partition coefficient (Wildman–Crippen LogP) is 2.59. The molecule has 6 heteroatoms. The van der Waals surface area contributed by atoms with Crippen molar-refractivity contribution in [3.63, 3.8) is 0 Å². The third-order valence-corrected chi connectivity index (χ3v) is 3.89. The van der Waals surface area contributed by atoms with Crippen LogP contribution < -0.4 is 9.80 Å². The lowest BCUT2D eigenvalue weighted by Gasteiger charge is -2.36. The van der Waals surface area contributed by atoms with E-state index in [0.717, 1.165) is 36.8 Å². The highest BCUT2D eigenvalue weighted by Crippen LogP contribution is 2.22. The van der Waals surface area contributed by atoms with Gasteiger partial charge in [-0.2, -0.15) is 0 Å². The minimum absolute atomic E-state index is 0.183. The van der Waals surface area contributed by atoms with E-state index in [0.29, 0.717) is 11.4 Å². The summed E-state index contributed by atoms with van der Waals surface area (Å²) in [5.41, 5.74) is 1.19. The Labute approximate surface area is 128 Å². The summed E-state index contributed by atoms with van der Waals surface area (Å²) in [6.07, 6.45) is 1.57. The van der Waals surface area contributed by atoms with Gasteiger partial charge in [0.2, 0.25) is 0 Å². The largest absolute Gasteiger partial charge is 0.366 e. The number of para-hydroxylation sites is 1.